The smallest absolute Gasteiger partial charge is 0.290 e. The molecule has 0 atom stereocenters. The van der Waals surface area contributed by atoms with Crippen LogP contribution in [0.25, 0.3) is 28.2 Å². The van der Waals surface area contributed by atoms with E-state index in [1.54, 1.807) is 64.4 Å². The van der Waals surface area contributed by atoms with Crippen LogP contribution < -0.4 is 10.0 Å². The maximum atomic E-state index is 12.7. The second-order valence-electron chi connectivity index (χ2n) is 8.44. The second kappa shape index (κ2) is 7.88. The van der Waals surface area contributed by atoms with Crippen molar-refractivity contribution >= 4 is 50.0 Å². The third-order valence-electron chi connectivity index (χ3n) is 4.57. The Balaban J connectivity index is 1.74. The van der Waals surface area contributed by atoms with Gasteiger partial charge in [0.1, 0.15) is 11.3 Å². The monoisotopic (exact) mass is 471 g/mol. The van der Waals surface area contributed by atoms with Crippen LogP contribution in [0.2, 0.25) is 0 Å². The molecule has 2 aromatic heterocycles. The number of imide groups is 1. The summed E-state index contributed by atoms with van der Waals surface area (Å²) in [5.41, 5.74) is 1.96. The van der Waals surface area contributed by atoms with E-state index in [-0.39, 0.29) is 9.80 Å². The number of rotatable bonds is 4. The third-order valence-corrected chi connectivity index (χ3v) is 7.30. The summed E-state index contributed by atoms with van der Waals surface area (Å²) < 4.78 is 34.1. The minimum Gasteiger partial charge on any atom is -0.456 e. The number of nitrogens with zero attached hydrogens (tertiary/aromatic N) is 1. The van der Waals surface area contributed by atoms with Crippen molar-refractivity contribution in [3.63, 3.8) is 0 Å². The molecule has 3 aromatic rings. The van der Waals surface area contributed by atoms with Gasteiger partial charge in [-0.1, -0.05) is 6.07 Å². The van der Waals surface area contributed by atoms with Gasteiger partial charge in [-0.25, -0.2) is 13.1 Å². The number of aryl methyl sites for hydroxylation is 1. The minimum absolute atomic E-state index is 0.204. The van der Waals surface area contributed by atoms with Crippen molar-refractivity contribution in [3.05, 3.63) is 52.9 Å². The number of pyridine rings is 1. The molecular formula is C22H21N3O5S2. The Morgan fingerprint density at radius 2 is 1.91 bits per heavy atom. The number of furan rings is 1. The molecule has 0 saturated carbocycles. The molecule has 0 spiro atoms. The SMILES string of the molecule is Cc1cc(-c2cncc3cc(C=C4SC(=O)NC4=O)oc23)ccc1S(=O)(=O)NC(C)(C)C. The second-order valence-corrected chi connectivity index (χ2v) is 11.1. The highest BCUT2D eigenvalue weighted by atomic mass is 32.2. The first-order valence-corrected chi connectivity index (χ1v) is 12.0. The molecule has 3 heterocycles. The van der Waals surface area contributed by atoms with E-state index < -0.39 is 26.7 Å². The maximum absolute atomic E-state index is 12.7. The van der Waals surface area contributed by atoms with E-state index in [1.807, 2.05) is 0 Å². The van der Waals surface area contributed by atoms with E-state index in [9.17, 15) is 18.0 Å². The molecule has 166 valence electrons. The molecule has 0 bridgehead atoms. The van der Waals surface area contributed by atoms with E-state index in [4.69, 9.17) is 4.42 Å². The molecule has 1 aliphatic rings. The van der Waals surface area contributed by atoms with Gasteiger partial charge in [0.2, 0.25) is 10.0 Å². The maximum Gasteiger partial charge on any atom is 0.290 e. The van der Waals surface area contributed by atoms with E-state index in [0.29, 0.717) is 27.9 Å². The van der Waals surface area contributed by atoms with Crippen molar-refractivity contribution in [2.45, 2.75) is 38.1 Å². The van der Waals surface area contributed by atoms with E-state index in [0.717, 1.165) is 17.3 Å². The van der Waals surface area contributed by atoms with Crippen molar-refractivity contribution in [3.8, 4) is 11.1 Å². The van der Waals surface area contributed by atoms with Crippen molar-refractivity contribution in [1.82, 2.24) is 15.0 Å². The van der Waals surface area contributed by atoms with Crippen LogP contribution in [0, 0.1) is 6.92 Å². The quantitative estimate of drug-likeness (QED) is 0.547. The Kier molecular flexibility index (Phi) is 5.48. The average Bonchev–Trinajstić information content (AvgIpc) is 3.21. The lowest BCUT2D eigenvalue weighted by Crippen LogP contribution is -2.40. The summed E-state index contributed by atoms with van der Waals surface area (Å²) in [7, 11) is -3.67. The van der Waals surface area contributed by atoms with Gasteiger partial charge in [-0.15, -0.1) is 0 Å². The van der Waals surface area contributed by atoms with Gasteiger partial charge in [0.25, 0.3) is 11.1 Å². The lowest BCUT2D eigenvalue weighted by atomic mass is 10.0. The summed E-state index contributed by atoms with van der Waals surface area (Å²) in [4.78, 5) is 27.9. The van der Waals surface area contributed by atoms with Gasteiger partial charge in [-0.05, 0) is 68.8 Å². The van der Waals surface area contributed by atoms with Gasteiger partial charge in [0.15, 0.2) is 0 Å². The predicted octanol–water partition coefficient (Wildman–Crippen LogP) is 4.20. The average molecular weight is 472 g/mol. The van der Waals surface area contributed by atoms with Gasteiger partial charge >= 0.3 is 0 Å². The number of thioether (sulfide) groups is 1. The van der Waals surface area contributed by atoms with Crippen LogP contribution >= 0.6 is 11.8 Å². The van der Waals surface area contributed by atoms with Crippen LogP contribution in [-0.2, 0) is 14.8 Å². The predicted molar refractivity (Wildman–Crippen MR) is 123 cm³/mol. The van der Waals surface area contributed by atoms with Crippen LogP contribution in [0.3, 0.4) is 0 Å². The number of hydrogen-bond donors (Lipinski definition) is 2. The fourth-order valence-electron chi connectivity index (χ4n) is 3.39. The fourth-order valence-corrected chi connectivity index (χ4v) is 5.69. The topological polar surface area (TPSA) is 118 Å². The molecule has 1 fully saturated rings. The summed E-state index contributed by atoms with van der Waals surface area (Å²) in [6, 6.07) is 6.77. The Morgan fingerprint density at radius 1 is 1.16 bits per heavy atom. The highest BCUT2D eigenvalue weighted by molar-refractivity contribution is 8.18. The van der Waals surface area contributed by atoms with Gasteiger partial charge in [-0.3, -0.25) is 19.9 Å². The molecule has 0 aliphatic carbocycles. The van der Waals surface area contributed by atoms with Crippen molar-refractivity contribution < 1.29 is 22.4 Å². The summed E-state index contributed by atoms with van der Waals surface area (Å²) in [6.07, 6.45) is 4.78. The van der Waals surface area contributed by atoms with Gasteiger partial charge in [0, 0.05) is 35.0 Å². The van der Waals surface area contributed by atoms with Gasteiger partial charge in [0.05, 0.1) is 9.80 Å². The molecule has 2 N–H and O–H groups in total. The Labute approximate surface area is 189 Å². The largest absolute Gasteiger partial charge is 0.456 e. The van der Waals surface area contributed by atoms with Crippen LogP contribution in [0.4, 0.5) is 4.79 Å². The molecule has 32 heavy (non-hydrogen) atoms. The van der Waals surface area contributed by atoms with Crippen molar-refractivity contribution in [1.29, 1.82) is 0 Å². The number of amides is 2. The number of nitrogens with one attached hydrogen (secondary N) is 2. The van der Waals surface area contributed by atoms with Crippen LogP contribution in [0.1, 0.15) is 32.1 Å². The number of aromatic nitrogens is 1. The first kappa shape index (κ1) is 22.3. The number of carbonyl (C=O) groups is 2. The summed E-state index contributed by atoms with van der Waals surface area (Å²) in [6.45, 7) is 7.09. The molecule has 1 aliphatic heterocycles. The molecule has 0 radical (unpaired) electrons. The molecule has 1 saturated heterocycles. The van der Waals surface area contributed by atoms with Crippen molar-refractivity contribution in [2.75, 3.05) is 0 Å². The summed E-state index contributed by atoms with van der Waals surface area (Å²) in [5, 5.41) is 2.50. The minimum atomic E-state index is -3.67. The zero-order valence-electron chi connectivity index (χ0n) is 17.8. The zero-order valence-corrected chi connectivity index (χ0v) is 19.5. The normalized spacial score (nSPS) is 16.2. The van der Waals surface area contributed by atoms with E-state index >= 15 is 0 Å². The Morgan fingerprint density at radius 3 is 2.53 bits per heavy atom. The molecule has 1 aromatic carbocycles. The standard InChI is InChI=1S/C22H21N3O5S2/c1-12-7-13(5-6-18(12)32(28,29)25-22(2,3)4)16-11-23-10-14-8-15(30-19(14)16)9-17-20(26)24-21(27)31-17/h5-11,25H,1-4H3,(H,24,26,27). The number of hydrogen-bond acceptors (Lipinski definition) is 7. The molecular weight excluding hydrogens is 450 g/mol. The zero-order chi connectivity index (χ0) is 23.3. The fraction of sp³-hybridized carbons (Fsp3) is 0.227. The first-order chi connectivity index (χ1) is 14.9. The number of carbonyl (C=O) groups excluding carboxylic acids is 2. The molecule has 0 unspecified atom stereocenters. The highest BCUT2D eigenvalue weighted by Gasteiger charge is 2.26. The summed E-state index contributed by atoms with van der Waals surface area (Å²) >= 11 is 0.812. The Hall–Kier alpha value is -2.95. The third kappa shape index (κ3) is 4.47. The summed E-state index contributed by atoms with van der Waals surface area (Å²) in [5.74, 6) is -0.0537. The molecule has 10 heteroatoms. The number of fused-ring (bicyclic) bond motifs is 1. The lowest BCUT2D eigenvalue weighted by Gasteiger charge is -2.21. The van der Waals surface area contributed by atoms with Gasteiger partial charge in [-0.2, -0.15) is 0 Å². The van der Waals surface area contributed by atoms with Crippen LogP contribution in [-0.4, -0.2) is 30.1 Å². The van der Waals surface area contributed by atoms with E-state index in [2.05, 4.69) is 15.0 Å². The lowest BCUT2D eigenvalue weighted by molar-refractivity contribution is -0.115. The first-order valence-electron chi connectivity index (χ1n) is 9.70. The number of benzene rings is 1. The van der Waals surface area contributed by atoms with Crippen LogP contribution in [0.15, 0.2) is 50.9 Å². The molecule has 2 amide bonds. The molecule has 4 rings (SSSR count). The van der Waals surface area contributed by atoms with Crippen molar-refractivity contribution in [2.24, 2.45) is 0 Å². The number of sulfonamides is 1. The van der Waals surface area contributed by atoms with Gasteiger partial charge < -0.3 is 4.42 Å². The molecule has 8 nitrogen and oxygen atoms in total. The van der Waals surface area contributed by atoms with E-state index in [1.165, 1.54) is 6.08 Å². The highest BCUT2D eigenvalue weighted by Crippen LogP contribution is 2.34. The van der Waals surface area contributed by atoms with Crippen LogP contribution in [0.5, 0.6) is 0 Å². The Bertz CT molecular complexity index is 1400.